The van der Waals surface area contributed by atoms with Crippen molar-refractivity contribution in [3.05, 3.63) is 35.4 Å². The summed E-state index contributed by atoms with van der Waals surface area (Å²) in [5.74, 6) is -0.0829. The zero-order valence-electron chi connectivity index (χ0n) is 12.7. The number of benzene rings is 1. The molecule has 0 aliphatic rings. The first-order valence-electron chi connectivity index (χ1n) is 7.28. The lowest BCUT2D eigenvalue weighted by Crippen LogP contribution is -2.45. The molecule has 4 nitrogen and oxygen atoms in total. The molecule has 112 valence electrons. The molecule has 0 aliphatic carbocycles. The van der Waals surface area contributed by atoms with Gasteiger partial charge in [-0.15, -0.1) is 0 Å². The van der Waals surface area contributed by atoms with Gasteiger partial charge in [0.15, 0.2) is 0 Å². The van der Waals surface area contributed by atoms with Crippen molar-refractivity contribution < 1.29 is 9.90 Å². The SMILES string of the molecule is CCCC(N)C(=O)N(CC)CC(O)c1ccc(C)cc1. The lowest BCUT2D eigenvalue weighted by atomic mass is 10.1. The first kappa shape index (κ1) is 16.7. The maximum atomic E-state index is 12.2. The van der Waals surface area contributed by atoms with Gasteiger partial charge >= 0.3 is 0 Å². The summed E-state index contributed by atoms with van der Waals surface area (Å²) in [4.78, 5) is 13.8. The number of nitrogens with two attached hydrogens (primary N) is 1. The van der Waals surface area contributed by atoms with E-state index < -0.39 is 12.1 Å². The monoisotopic (exact) mass is 278 g/mol. The molecule has 2 unspecified atom stereocenters. The van der Waals surface area contributed by atoms with Gasteiger partial charge in [0, 0.05) is 6.54 Å². The fourth-order valence-electron chi connectivity index (χ4n) is 2.15. The van der Waals surface area contributed by atoms with Gasteiger partial charge < -0.3 is 15.7 Å². The number of aryl methyl sites for hydroxylation is 1. The Bertz CT molecular complexity index is 417. The predicted octanol–water partition coefficient (Wildman–Crippen LogP) is 2.00. The Morgan fingerprint density at radius 2 is 1.90 bits per heavy atom. The molecule has 0 aromatic heterocycles. The van der Waals surface area contributed by atoms with E-state index in [2.05, 4.69) is 0 Å². The van der Waals surface area contributed by atoms with Gasteiger partial charge in [0.2, 0.25) is 5.91 Å². The summed E-state index contributed by atoms with van der Waals surface area (Å²) in [6.07, 6.45) is 0.884. The summed E-state index contributed by atoms with van der Waals surface area (Å²) in [6.45, 7) is 6.75. The standard InChI is InChI=1S/C16H26N2O2/c1-4-6-14(17)16(20)18(5-2)11-15(19)13-9-7-12(3)8-10-13/h7-10,14-15,19H,4-6,11,17H2,1-3H3. The fourth-order valence-corrected chi connectivity index (χ4v) is 2.15. The minimum atomic E-state index is -0.673. The molecular weight excluding hydrogens is 252 g/mol. The quantitative estimate of drug-likeness (QED) is 0.801. The maximum Gasteiger partial charge on any atom is 0.239 e. The third-order valence-electron chi connectivity index (χ3n) is 3.47. The molecule has 2 atom stereocenters. The van der Waals surface area contributed by atoms with E-state index >= 15 is 0 Å². The van der Waals surface area contributed by atoms with Crippen molar-refractivity contribution in [2.24, 2.45) is 5.73 Å². The van der Waals surface area contributed by atoms with Gasteiger partial charge in [-0.1, -0.05) is 43.2 Å². The second-order valence-corrected chi connectivity index (χ2v) is 5.20. The van der Waals surface area contributed by atoms with Crippen LogP contribution in [0.3, 0.4) is 0 Å². The summed E-state index contributed by atoms with van der Waals surface area (Å²) < 4.78 is 0. The van der Waals surface area contributed by atoms with Crippen molar-refractivity contribution in [2.75, 3.05) is 13.1 Å². The van der Waals surface area contributed by atoms with Crippen LogP contribution in [0, 0.1) is 6.92 Å². The highest BCUT2D eigenvalue weighted by Gasteiger charge is 2.21. The Hall–Kier alpha value is -1.39. The number of nitrogens with zero attached hydrogens (tertiary/aromatic N) is 1. The normalized spacial score (nSPS) is 13.8. The number of aliphatic hydroxyl groups excluding tert-OH is 1. The average Bonchev–Trinajstić information content (AvgIpc) is 2.44. The van der Waals surface area contributed by atoms with Crippen LogP contribution >= 0.6 is 0 Å². The average molecular weight is 278 g/mol. The maximum absolute atomic E-state index is 12.2. The van der Waals surface area contributed by atoms with Gasteiger partial charge in [0.1, 0.15) is 0 Å². The van der Waals surface area contributed by atoms with Crippen LogP contribution in [-0.2, 0) is 4.79 Å². The summed E-state index contributed by atoms with van der Waals surface area (Å²) in [5, 5.41) is 10.2. The number of rotatable bonds is 7. The molecule has 1 rings (SSSR count). The largest absolute Gasteiger partial charge is 0.387 e. The molecular formula is C16H26N2O2. The molecule has 3 N–H and O–H groups in total. The Morgan fingerprint density at radius 3 is 2.40 bits per heavy atom. The second kappa shape index (κ2) is 8.02. The van der Waals surface area contributed by atoms with Gasteiger partial charge in [-0.3, -0.25) is 4.79 Å². The molecule has 0 aliphatic heterocycles. The van der Waals surface area contributed by atoms with Crippen LogP contribution < -0.4 is 5.73 Å². The highest BCUT2D eigenvalue weighted by molar-refractivity contribution is 5.81. The molecule has 20 heavy (non-hydrogen) atoms. The molecule has 1 aromatic carbocycles. The number of amides is 1. The molecule has 0 radical (unpaired) electrons. The molecule has 1 amide bonds. The van der Waals surface area contributed by atoms with Crippen molar-refractivity contribution in [3.8, 4) is 0 Å². The number of carbonyl (C=O) groups excluding carboxylic acids is 1. The van der Waals surface area contributed by atoms with Gasteiger partial charge in [0.25, 0.3) is 0 Å². The second-order valence-electron chi connectivity index (χ2n) is 5.20. The number of hydrogen-bond acceptors (Lipinski definition) is 3. The molecule has 1 aromatic rings. The first-order valence-corrected chi connectivity index (χ1v) is 7.28. The highest BCUT2D eigenvalue weighted by atomic mass is 16.3. The lowest BCUT2D eigenvalue weighted by molar-refractivity contribution is -0.134. The number of hydrogen-bond donors (Lipinski definition) is 2. The molecule has 0 saturated carbocycles. The third-order valence-corrected chi connectivity index (χ3v) is 3.47. The summed E-state index contributed by atoms with van der Waals surface area (Å²) in [6, 6.07) is 7.23. The van der Waals surface area contributed by atoms with E-state index in [9.17, 15) is 9.90 Å². The van der Waals surface area contributed by atoms with Crippen molar-refractivity contribution in [1.29, 1.82) is 0 Å². The molecule has 0 heterocycles. The Balaban J connectivity index is 2.67. The Labute approximate surface area is 121 Å². The highest BCUT2D eigenvalue weighted by Crippen LogP contribution is 2.15. The number of aliphatic hydroxyl groups is 1. The van der Waals surface area contributed by atoms with Gasteiger partial charge in [-0.05, 0) is 25.8 Å². The van der Waals surface area contributed by atoms with Gasteiger partial charge in [-0.2, -0.15) is 0 Å². The van der Waals surface area contributed by atoms with Crippen LogP contribution in [-0.4, -0.2) is 35.0 Å². The zero-order chi connectivity index (χ0) is 15.1. The minimum Gasteiger partial charge on any atom is -0.387 e. The Kier molecular flexibility index (Phi) is 6.68. The molecule has 0 saturated heterocycles. The third kappa shape index (κ3) is 4.62. The summed E-state index contributed by atoms with van der Waals surface area (Å²) in [7, 11) is 0. The van der Waals surface area contributed by atoms with Crippen molar-refractivity contribution in [2.45, 2.75) is 45.8 Å². The Morgan fingerprint density at radius 1 is 1.30 bits per heavy atom. The van der Waals surface area contributed by atoms with Crippen molar-refractivity contribution in [3.63, 3.8) is 0 Å². The van der Waals surface area contributed by atoms with Crippen molar-refractivity contribution in [1.82, 2.24) is 4.90 Å². The zero-order valence-corrected chi connectivity index (χ0v) is 12.7. The summed E-state index contributed by atoms with van der Waals surface area (Å²) >= 11 is 0. The summed E-state index contributed by atoms with van der Waals surface area (Å²) in [5.41, 5.74) is 7.84. The van der Waals surface area contributed by atoms with E-state index in [4.69, 9.17) is 5.73 Å². The topological polar surface area (TPSA) is 66.6 Å². The predicted molar refractivity (Wildman–Crippen MR) is 81.3 cm³/mol. The lowest BCUT2D eigenvalue weighted by Gasteiger charge is -2.26. The van der Waals surface area contributed by atoms with Crippen LogP contribution in [0.1, 0.15) is 43.9 Å². The smallest absolute Gasteiger partial charge is 0.239 e. The van der Waals surface area contributed by atoms with Crippen LogP contribution in [0.4, 0.5) is 0 Å². The van der Waals surface area contributed by atoms with Crippen LogP contribution in [0.2, 0.25) is 0 Å². The molecule has 0 spiro atoms. The molecule has 0 bridgehead atoms. The van der Waals surface area contributed by atoms with E-state index in [1.165, 1.54) is 0 Å². The molecule has 0 fully saturated rings. The van der Waals surface area contributed by atoms with Gasteiger partial charge in [0.05, 0.1) is 18.7 Å². The van der Waals surface area contributed by atoms with E-state index in [-0.39, 0.29) is 12.5 Å². The number of likely N-dealkylation sites (N-methyl/N-ethyl adjacent to an activating group) is 1. The van der Waals surface area contributed by atoms with E-state index in [0.717, 1.165) is 17.5 Å². The fraction of sp³-hybridized carbons (Fsp3) is 0.562. The van der Waals surface area contributed by atoms with Crippen LogP contribution in [0.15, 0.2) is 24.3 Å². The molecule has 4 heteroatoms. The van der Waals surface area contributed by atoms with Crippen LogP contribution in [0.5, 0.6) is 0 Å². The number of carbonyl (C=O) groups is 1. The van der Waals surface area contributed by atoms with E-state index in [1.807, 2.05) is 45.0 Å². The van der Waals surface area contributed by atoms with E-state index in [0.29, 0.717) is 13.0 Å². The van der Waals surface area contributed by atoms with Gasteiger partial charge in [-0.25, -0.2) is 0 Å². The van der Waals surface area contributed by atoms with E-state index in [1.54, 1.807) is 4.90 Å². The van der Waals surface area contributed by atoms with Crippen molar-refractivity contribution >= 4 is 5.91 Å². The first-order chi connectivity index (χ1) is 9.49. The minimum absolute atomic E-state index is 0.0829. The van der Waals surface area contributed by atoms with Crippen LogP contribution in [0.25, 0.3) is 0 Å².